The molecule has 0 aromatic carbocycles. The predicted octanol–water partition coefficient (Wildman–Crippen LogP) is 1.42. The summed E-state index contributed by atoms with van der Waals surface area (Å²) in [4.78, 5) is 1.91. The van der Waals surface area contributed by atoms with Crippen LogP contribution in [0.1, 0.15) is 23.7 Å². The van der Waals surface area contributed by atoms with Crippen molar-refractivity contribution in [1.29, 1.82) is 5.26 Å². The normalized spacial score (nSPS) is 9.64. The second kappa shape index (κ2) is 4.05. The first-order valence-electron chi connectivity index (χ1n) is 4.56. The van der Waals surface area contributed by atoms with Gasteiger partial charge in [-0.3, -0.25) is 0 Å². The zero-order valence-electron chi connectivity index (χ0n) is 9.00. The van der Waals surface area contributed by atoms with Crippen LogP contribution < -0.4 is 4.90 Å². The Bertz CT molecular complexity index is 378. The van der Waals surface area contributed by atoms with Crippen molar-refractivity contribution < 1.29 is 0 Å². The number of nitrogens with zero attached hydrogens (tertiary/aromatic N) is 4. The molecule has 74 valence electrons. The Morgan fingerprint density at radius 3 is 2.50 bits per heavy atom. The van der Waals surface area contributed by atoms with Gasteiger partial charge in [-0.15, -0.1) is 5.10 Å². The summed E-state index contributed by atoms with van der Waals surface area (Å²) in [5.41, 5.74) is 2.36. The molecule has 0 radical (unpaired) electrons. The van der Waals surface area contributed by atoms with Gasteiger partial charge in [0.25, 0.3) is 0 Å². The van der Waals surface area contributed by atoms with Gasteiger partial charge in [0.15, 0.2) is 5.82 Å². The third-order valence-electron chi connectivity index (χ3n) is 2.38. The summed E-state index contributed by atoms with van der Waals surface area (Å²) in [7, 11) is 1.90. The van der Waals surface area contributed by atoms with Crippen LogP contribution in [0.5, 0.6) is 0 Å². The molecule has 14 heavy (non-hydrogen) atoms. The lowest BCUT2D eigenvalue weighted by Crippen LogP contribution is -2.20. The Kier molecular flexibility index (Phi) is 3.03. The molecule has 1 rings (SSSR count). The van der Waals surface area contributed by atoms with Crippen molar-refractivity contribution in [3.8, 4) is 6.07 Å². The summed E-state index contributed by atoms with van der Waals surface area (Å²) in [6, 6.07) is 2.18. The van der Waals surface area contributed by atoms with Gasteiger partial charge in [-0.2, -0.15) is 10.4 Å². The third-order valence-corrected chi connectivity index (χ3v) is 2.38. The molecule has 0 unspecified atom stereocenters. The zero-order valence-corrected chi connectivity index (χ0v) is 9.00. The van der Waals surface area contributed by atoms with Crippen molar-refractivity contribution >= 4 is 5.82 Å². The highest BCUT2D eigenvalue weighted by Gasteiger charge is 2.12. The van der Waals surface area contributed by atoms with Crippen LogP contribution in [-0.4, -0.2) is 23.8 Å². The first-order valence-corrected chi connectivity index (χ1v) is 4.56. The summed E-state index contributed by atoms with van der Waals surface area (Å²) in [5.74, 6) is 0.665. The molecule has 0 amide bonds. The molecular weight excluding hydrogens is 176 g/mol. The fourth-order valence-electron chi connectivity index (χ4n) is 1.15. The van der Waals surface area contributed by atoms with Crippen LogP contribution in [0.15, 0.2) is 0 Å². The first-order chi connectivity index (χ1) is 6.61. The largest absolute Gasteiger partial charge is 0.357 e. The van der Waals surface area contributed by atoms with E-state index in [1.807, 2.05) is 32.7 Å². The lowest BCUT2D eigenvalue weighted by molar-refractivity contribution is 0.869. The van der Waals surface area contributed by atoms with E-state index in [0.29, 0.717) is 11.4 Å². The second-order valence-corrected chi connectivity index (χ2v) is 3.23. The topological polar surface area (TPSA) is 52.8 Å². The molecule has 0 aliphatic carbocycles. The highest BCUT2D eigenvalue weighted by Crippen LogP contribution is 2.19. The number of anilines is 1. The smallest absolute Gasteiger partial charge is 0.169 e. The average molecular weight is 190 g/mol. The van der Waals surface area contributed by atoms with E-state index in [1.165, 1.54) is 0 Å². The van der Waals surface area contributed by atoms with Crippen LogP contribution >= 0.6 is 0 Å². The van der Waals surface area contributed by atoms with Crippen molar-refractivity contribution in [1.82, 2.24) is 10.2 Å². The van der Waals surface area contributed by atoms with Gasteiger partial charge in [-0.1, -0.05) is 0 Å². The molecule has 0 fully saturated rings. The molecule has 0 saturated carbocycles. The van der Waals surface area contributed by atoms with Crippen LogP contribution in [-0.2, 0) is 0 Å². The number of hydrogen-bond acceptors (Lipinski definition) is 4. The zero-order chi connectivity index (χ0) is 10.7. The van der Waals surface area contributed by atoms with E-state index in [1.54, 1.807) is 0 Å². The van der Waals surface area contributed by atoms with Gasteiger partial charge < -0.3 is 4.90 Å². The van der Waals surface area contributed by atoms with E-state index in [-0.39, 0.29) is 0 Å². The minimum atomic E-state index is 0.627. The fraction of sp³-hybridized carbons (Fsp3) is 0.500. The quantitative estimate of drug-likeness (QED) is 0.707. The van der Waals surface area contributed by atoms with Crippen molar-refractivity contribution in [2.24, 2.45) is 0 Å². The lowest BCUT2D eigenvalue weighted by Gasteiger charge is -2.17. The molecule has 0 saturated heterocycles. The molecule has 0 aliphatic rings. The number of rotatable bonds is 2. The molecule has 1 heterocycles. The highest BCUT2D eigenvalue weighted by molar-refractivity contribution is 5.56. The molecule has 1 aromatic heterocycles. The number of nitriles is 1. The maximum absolute atomic E-state index is 9.02. The van der Waals surface area contributed by atoms with Crippen LogP contribution in [0.4, 0.5) is 5.82 Å². The van der Waals surface area contributed by atoms with Crippen molar-refractivity contribution in [3.63, 3.8) is 0 Å². The maximum Gasteiger partial charge on any atom is 0.169 e. The molecule has 0 aliphatic heterocycles. The predicted molar refractivity (Wildman–Crippen MR) is 55.2 cm³/mol. The monoisotopic (exact) mass is 190 g/mol. The SMILES string of the molecule is CCN(C)c1nnc(C)c(C)c1C#N. The summed E-state index contributed by atoms with van der Waals surface area (Å²) in [6.07, 6.45) is 0. The molecule has 0 bridgehead atoms. The van der Waals surface area contributed by atoms with Crippen molar-refractivity contribution in [3.05, 3.63) is 16.8 Å². The average Bonchev–Trinajstić information content (AvgIpc) is 2.20. The molecule has 0 N–H and O–H groups in total. The van der Waals surface area contributed by atoms with Crippen molar-refractivity contribution in [2.75, 3.05) is 18.5 Å². The second-order valence-electron chi connectivity index (χ2n) is 3.23. The Balaban J connectivity index is 3.33. The van der Waals surface area contributed by atoms with Crippen LogP contribution in [0.25, 0.3) is 0 Å². The molecule has 4 heteroatoms. The lowest BCUT2D eigenvalue weighted by atomic mass is 10.1. The minimum absolute atomic E-state index is 0.627. The Morgan fingerprint density at radius 2 is 2.00 bits per heavy atom. The van der Waals surface area contributed by atoms with Gasteiger partial charge in [0.1, 0.15) is 11.6 Å². The maximum atomic E-state index is 9.02. The number of aryl methyl sites for hydroxylation is 1. The van der Waals surface area contributed by atoms with E-state index >= 15 is 0 Å². The molecule has 0 atom stereocenters. The Hall–Kier alpha value is -1.63. The van der Waals surface area contributed by atoms with Gasteiger partial charge in [-0.05, 0) is 26.3 Å². The van der Waals surface area contributed by atoms with Crippen molar-refractivity contribution in [2.45, 2.75) is 20.8 Å². The van der Waals surface area contributed by atoms with Gasteiger partial charge >= 0.3 is 0 Å². The fourth-order valence-corrected chi connectivity index (χ4v) is 1.15. The van der Waals surface area contributed by atoms with Gasteiger partial charge in [-0.25, -0.2) is 0 Å². The number of aromatic nitrogens is 2. The third kappa shape index (κ3) is 1.67. The highest BCUT2D eigenvalue weighted by atomic mass is 15.2. The summed E-state index contributed by atoms with van der Waals surface area (Å²) < 4.78 is 0. The number of hydrogen-bond donors (Lipinski definition) is 0. The van der Waals surface area contributed by atoms with E-state index in [4.69, 9.17) is 5.26 Å². The summed E-state index contributed by atoms with van der Waals surface area (Å²) in [5, 5.41) is 17.1. The molecule has 1 aromatic rings. The van der Waals surface area contributed by atoms with E-state index < -0.39 is 0 Å². The molecular formula is C10H14N4. The van der Waals surface area contributed by atoms with Crippen LogP contribution in [0, 0.1) is 25.2 Å². The Labute approximate surface area is 84.2 Å². The van der Waals surface area contributed by atoms with Crippen LogP contribution in [0.2, 0.25) is 0 Å². The van der Waals surface area contributed by atoms with E-state index in [2.05, 4.69) is 16.3 Å². The first kappa shape index (κ1) is 10.5. The van der Waals surface area contributed by atoms with Crippen LogP contribution in [0.3, 0.4) is 0 Å². The van der Waals surface area contributed by atoms with Gasteiger partial charge in [0.2, 0.25) is 0 Å². The summed E-state index contributed by atoms with van der Waals surface area (Å²) >= 11 is 0. The van der Waals surface area contributed by atoms with E-state index in [0.717, 1.165) is 17.8 Å². The van der Waals surface area contributed by atoms with E-state index in [9.17, 15) is 0 Å². The standard InChI is InChI=1S/C10H14N4/c1-5-14(4)10-9(6-11)7(2)8(3)12-13-10/h5H2,1-4H3. The minimum Gasteiger partial charge on any atom is -0.357 e. The molecule has 4 nitrogen and oxygen atoms in total. The molecule has 0 spiro atoms. The van der Waals surface area contributed by atoms with Gasteiger partial charge in [0, 0.05) is 13.6 Å². The summed E-state index contributed by atoms with van der Waals surface area (Å²) in [6.45, 7) is 6.58. The Morgan fingerprint density at radius 1 is 1.36 bits per heavy atom. The van der Waals surface area contributed by atoms with Gasteiger partial charge in [0.05, 0.1) is 5.69 Å².